The Balaban J connectivity index is 2.22. The number of fused-ring (bicyclic) bond motifs is 1. The lowest BCUT2D eigenvalue weighted by Crippen LogP contribution is -2.58. The van der Waals surface area contributed by atoms with Gasteiger partial charge in [-0.1, -0.05) is 6.07 Å². The third kappa shape index (κ3) is 3.94. The van der Waals surface area contributed by atoms with Crippen LogP contribution in [0.15, 0.2) is 18.2 Å². The Morgan fingerprint density at radius 2 is 1.96 bits per heavy atom. The first-order chi connectivity index (χ1) is 10.6. The molecular weight excluding hydrogens is 298 g/mol. The van der Waals surface area contributed by atoms with Gasteiger partial charge in [-0.05, 0) is 56.9 Å². The normalized spacial score (nSPS) is 20.3. The highest BCUT2D eigenvalue weighted by Gasteiger charge is 2.43. The lowest BCUT2D eigenvalue weighted by Gasteiger charge is -2.35. The molecular formula is C17H23NO5. The SMILES string of the molecule is COc1ccc2c(c1)CC[C@](NC(=O)OC(C)(C)C)(C(=O)O)C2. The summed E-state index contributed by atoms with van der Waals surface area (Å²) in [5.41, 5.74) is -0.0732. The summed E-state index contributed by atoms with van der Waals surface area (Å²) in [6.07, 6.45) is 0.369. The number of aryl methyl sites for hydroxylation is 1. The molecule has 6 nitrogen and oxygen atoms in total. The van der Waals surface area contributed by atoms with Crippen molar-refractivity contribution >= 4 is 12.1 Å². The quantitative estimate of drug-likeness (QED) is 0.893. The minimum absolute atomic E-state index is 0.223. The molecule has 0 bridgehead atoms. The highest BCUT2D eigenvalue weighted by molar-refractivity contribution is 5.85. The summed E-state index contributed by atoms with van der Waals surface area (Å²) in [7, 11) is 1.59. The molecule has 0 fully saturated rings. The number of benzene rings is 1. The largest absolute Gasteiger partial charge is 0.497 e. The highest BCUT2D eigenvalue weighted by Crippen LogP contribution is 2.31. The number of aliphatic carboxylic acids is 1. The zero-order chi connectivity index (χ0) is 17.3. The summed E-state index contributed by atoms with van der Waals surface area (Å²) in [4.78, 5) is 23.8. The molecule has 0 unspecified atom stereocenters. The molecule has 1 aliphatic rings. The second kappa shape index (κ2) is 6.10. The lowest BCUT2D eigenvalue weighted by molar-refractivity contribution is -0.145. The molecule has 2 rings (SSSR count). The summed E-state index contributed by atoms with van der Waals surface area (Å²) >= 11 is 0. The van der Waals surface area contributed by atoms with E-state index in [4.69, 9.17) is 9.47 Å². The van der Waals surface area contributed by atoms with Crippen LogP contribution in [0, 0.1) is 0 Å². The molecule has 1 aromatic carbocycles. The van der Waals surface area contributed by atoms with Gasteiger partial charge in [-0.2, -0.15) is 0 Å². The number of ether oxygens (including phenoxy) is 2. The van der Waals surface area contributed by atoms with Gasteiger partial charge in [0.15, 0.2) is 0 Å². The average molecular weight is 321 g/mol. The van der Waals surface area contributed by atoms with Gasteiger partial charge >= 0.3 is 12.1 Å². The molecule has 0 radical (unpaired) electrons. The van der Waals surface area contributed by atoms with Crippen molar-refractivity contribution in [2.24, 2.45) is 0 Å². The first kappa shape index (κ1) is 17.1. The molecule has 1 amide bonds. The van der Waals surface area contributed by atoms with Crippen molar-refractivity contribution in [2.75, 3.05) is 7.11 Å². The van der Waals surface area contributed by atoms with Crippen LogP contribution in [0.1, 0.15) is 38.3 Å². The van der Waals surface area contributed by atoms with Gasteiger partial charge in [0.1, 0.15) is 16.9 Å². The monoisotopic (exact) mass is 321 g/mol. The number of amides is 1. The maximum absolute atomic E-state index is 12.0. The molecule has 0 heterocycles. The van der Waals surface area contributed by atoms with E-state index in [0.29, 0.717) is 12.8 Å². The molecule has 1 aliphatic carbocycles. The van der Waals surface area contributed by atoms with Crippen LogP contribution in [0.3, 0.4) is 0 Å². The van der Waals surface area contributed by atoms with Crippen LogP contribution in [-0.2, 0) is 22.4 Å². The number of carbonyl (C=O) groups is 2. The fourth-order valence-electron chi connectivity index (χ4n) is 2.74. The third-order valence-corrected chi connectivity index (χ3v) is 3.88. The Bertz CT molecular complexity index is 620. The maximum atomic E-state index is 12.0. The molecule has 0 saturated heterocycles. The van der Waals surface area contributed by atoms with Crippen LogP contribution in [0.25, 0.3) is 0 Å². The van der Waals surface area contributed by atoms with Gasteiger partial charge in [0.05, 0.1) is 7.11 Å². The van der Waals surface area contributed by atoms with Crippen molar-refractivity contribution in [1.29, 1.82) is 0 Å². The first-order valence-electron chi connectivity index (χ1n) is 7.55. The van der Waals surface area contributed by atoms with Gasteiger partial charge in [0.2, 0.25) is 0 Å². The van der Waals surface area contributed by atoms with Gasteiger partial charge < -0.3 is 19.9 Å². The van der Waals surface area contributed by atoms with Crippen molar-refractivity contribution in [2.45, 2.75) is 51.2 Å². The van der Waals surface area contributed by atoms with E-state index in [1.165, 1.54) is 0 Å². The minimum Gasteiger partial charge on any atom is -0.497 e. The molecule has 6 heteroatoms. The first-order valence-corrected chi connectivity index (χ1v) is 7.55. The predicted octanol–water partition coefficient (Wildman–Crippen LogP) is 2.53. The second-order valence-electron chi connectivity index (χ2n) is 6.83. The molecule has 0 spiro atoms. The molecule has 1 aromatic rings. The maximum Gasteiger partial charge on any atom is 0.408 e. The second-order valence-corrected chi connectivity index (χ2v) is 6.83. The predicted molar refractivity (Wildman–Crippen MR) is 84.8 cm³/mol. The Morgan fingerprint density at radius 1 is 1.26 bits per heavy atom. The van der Waals surface area contributed by atoms with E-state index in [1.807, 2.05) is 12.1 Å². The van der Waals surface area contributed by atoms with Crippen molar-refractivity contribution in [1.82, 2.24) is 5.32 Å². The van der Waals surface area contributed by atoms with E-state index in [0.717, 1.165) is 16.9 Å². The van der Waals surface area contributed by atoms with Crippen LogP contribution in [-0.4, -0.2) is 35.4 Å². The lowest BCUT2D eigenvalue weighted by atomic mass is 9.78. The number of carbonyl (C=O) groups excluding carboxylic acids is 1. The molecule has 2 N–H and O–H groups in total. The number of hydrogen-bond acceptors (Lipinski definition) is 4. The zero-order valence-electron chi connectivity index (χ0n) is 13.9. The Labute approximate surface area is 135 Å². The smallest absolute Gasteiger partial charge is 0.408 e. The summed E-state index contributed by atoms with van der Waals surface area (Å²) in [6.45, 7) is 5.22. The van der Waals surface area contributed by atoms with E-state index < -0.39 is 23.2 Å². The summed E-state index contributed by atoms with van der Waals surface area (Å²) in [5, 5.41) is 12.2. The fourth-order valence-corrected chi connectivity index (χ4v) is 2.74. The molecule has 1 atom stereocenters. The van der Waals surface area contributed by atoms with Crippen molar-refractivity contribution in [3.63, 3.8) is 0 Å². The van der Waals surface area contributed by atoms with Gasteiger partial charge in [0.25, 0.3) is 0 Å². The number of hydrogen-bond donors (Lipinski definition) is 2. The van der Waals surface area contributed by atoms with Gasteiger partial charge in [-0.15, -0.1) is 0 Å². The number of rotatable bonds is 3. The zero-order valence-corrected chi connectivity index (χ0v) is 13.9. The summed E-state index contributed by atoms with van der Waals surface area (Å²) in [5.74, 6) is -0.309. The number of methoxy groups -OCH3 is 1. The molecule has 23 heavy (non-hydrogen) atoms. The van der Waals surface area contributed by atoms with E-state index in [1.54, 1.807) is 33.9 Å². The average Bonchev–Trinajstić information content (AvgIpc) is 2.44. The highest BCUT2D eigenvalue weighted by atomic mass is 16.6. The van der Waals surface area contributed by atoms with Crippen molar-refractivity contribution < 1.29 is 24.2 Å². The molecule has 0 saturated carbocycles. The number of carboxylic acids is 1. The van der Waals surface area contributed by atoms with E-state index in [-0.39, 0.29) is 6.42 Å². The number of alkyl carbamates (subject to hydrolysis) is 1. The van der Waals surface area contributed by atoms with Crippen LogP contribution in [0.4, 0.5) is 4.79 Å². The minimum atomic E-state index is -1.34. The van der Waals surface area contributed by atoms with Gasteiger partial charge in [0, 0.05) is 6.42 Å². The van der Waals surface area contributed by atoms with Crippen LogP contribution >= 0.6 is 0 Å². The van der Waals surface area contributed by atoms with E-state index in [2.05, 4.69) is 5.32 Å². The molecule has 0 aliphatic heterocycles. The van der Waals surface area contributed by atoms with Crippen LogP contribution in [0.5, 0.6) is 5.75 Å². The topological polar surface area (TPSA) is 84.9 Å². The van der Waals surface area contributed by atoms with E-state index in [9.17, 15) is 14.7 Å². The van der Waals surface area contributed by atoms with Gasteiger partial charge in [-0.25, -0.2) is 9.59 Å². The number of carboxylic acid groups (broad SMARTS) is 1. The summed E-state index contributed by atoms with van der Waals surface area (Å²) in [6, 6.07) is 5.56. The molecule has 0 aromatic heterocycles. The molecule has 126 valence electrons. The van der Waals surface area contributed by atoms with Crippen LogP contribution in [0.2, 0.25) is 0 Å². The number of nitrogens with one attached hydrogen (secondary N) is 1. The fraction of sp³-hybridized carbons (Fsp3) is 0.529. The standard InChI is InChI=1S/C17H23NO5/c1-16(2,3)23-15(21)18-17(14(19)20)8-7-11-9-13(22-4)6-5-12(11)10-17/h5-6,9H,7-8,10H2,1-4H3,(H,18,21)(H,19,20)/t17-/m1/s1. The van der Waals surface area contributed by atoms with Crippen LogP contribution < -0.4 is 10.1 Å². The summed E-state index contributed by atoms with van der Waals surface area (Å²) < 4.78 is 10.4. The van der Waals surface area contributed by atoms with E-state index >= 15 is 0 Å². The third-order valence-electron chi connectivity index (χ3n) is 3.88. The Kier molecular flexibility index (Phi) is 4.54. The van der Waals surface area contributed by atoms with Crippen molar-refractivity contribution in [3.8, 4) is 5.75 Å². The Hall–Kier alpha value is -2.24. The Morgan fingerprint density at radius 3 is 2.52 bits per heavy atom. The van der Waals surface area contributed by atoms with Crippen molar-refractivity contribution in [3.05, 3.63) is 29.3 Å². The van der Waals surface area contributed by atoms with Gasteiger partial charge in [-0.3, -0.25) is 0 Å².